The number of aromatic nitrogens is 2. The summed E-state index contributed by atoms with van der Waals surface area (Å²) in [6.07, 6.45) is 4.46. The molecule has 2 aromatic rings. The number of aliphatic hydroxyl groups is 1. The molecule has 0 bridgehead atoms. The number of amides is 1. The van der Waals surface area contributed by atoms with Crippen LogP contribution in [0.25, 0.3) is 0 Å². The van der Waals surface area contributed by atoms with Crippen LogP contribution < -0.4 is 5.32 Å². The van der Waals surface area contributed by atoms with Gasteiger partial charge in [-0.2, -0.15) is 0 Å². The lowest BCUT2D eigenvalue weighted by molar-refractivity contribution is 0.0344. The third-order valence-electron chi connectivity index (χ3n) is 4.80. The van der Waals surface area contributed by atoms with Crippen LogP contribution in [0.5, 0.6) is 0 Å². The molecule has 2 fully saturated rings. The van der Waals surface area contributed by atoms with Crippen molar-refractivity contribution in [1.82, 2.24) is 19.8 Å². The molecule has 6 nitrogen and oxygen atoms in total. The van der Waals surface area contributed by atoms with Gasteiger partial charge in [-0.25, -0.2) is 4.98 Å². The summed E-state index contributed by atoms with van der Waals surface area (Å²) < 4.78 is 2.05. The third kappa shape index (κ3) is 3.38. The number of hydrogen-bond donors (Lipinski definition) is 2. The topological polar surface area (TPSA) is 70.4 Å². The van der Waals surface area contributed by atoms with Gasteiger partial charge in [0.1, 0.15) is 5.69 Å². The Morgan fingerprint density at radius 1 is 1.42 bits per heavy atom. The monoisotopic (exact) mass is 346 g/mol. The Hall–Kier alpha value is -1.70. The van der Waals surface area contributed by atoms with E-state index in [-0.39, 0.29) is 11.9 Å². The second-order valence-electron chi connectivity index (χ2n) is 6.68. The fourth-order valence-electron chi connectivity index (χ4n) is 3.35. The number of nitrogens with one attached hydrogen (secondary N) is 1. The number of likely N-dealkylation sites (tertiary alicyclic amines) is 1. The Labute approximate surface area is 145 Å². The van der Waals surface area contributed by atoms with Gasteiger partial charge in [0.25, 0.3) is 5.91 Å². The zero-order valence-electron chi connectivity index (χ0n) is 13.5. The molecule has 1 saturated heterocycles. The lowest BCUT2D eigenvalue weighted by atomic mass is 10.0. The van der Waals surface area contributed by atoms with Gasteiger partial charge >= 0.3 is 0 Å². The molecule has 0 spiro atoms. The second-order valence-corrected chi connectivity index (χ2v) is 7.40. The number of rotatable bonds is 5. The zero-order chi connectivity index (χ0) is 16.5. The molecule has 7 heteroatoms. The van der Waals surface area contributed by atoms with Crippen molar-refractivity contribution < 1.29 is 9.90 Å². The predicted octanol–water partition coefficient (Wildman–Crippen LogP) is 1.64. The highest BCUT2D eigenvalue weighted by Gasteiger charge is 2.31. The minimum atomic E-state index is -0.550. The first-order valence-electron chi connectivity index (χ1n) is 8.46. The highest BCUT2D eigenvalue weighted by Crippen LogP contribution is 2.36. The van der Waals surface area contributed by atoms with Crippen molar-refractivity contribution in [1.29, 1.82) is 0 Å². The minimum Gasteiger partial charge on any atom is -0.390 e. The first-order chi connectivity index (χ1) is 11.7. The maximum absolute atomic E-state index is 12.5. The smallest absolute Gasteiger partial charge is 0.268 e. The molecule has 0 radical (unpaired) electrons. The predicted molar refractivity (Wildman–Crippen MR) is 92.0 cm³/mol. The summed E-state index contributed by atoms with van der Waals surface area (Å²) in [5, 5.41) is 15.5. The third-order valence-corrected chi connectivity index (χ3v) is 5.44. The summed E-state index contributed by atoms with van der Waals surface area (Å²) >= 11 is 1.59. The first kappa shape index (κ1) is 15.8. The Bertz CT molecular complexity index is 695. The average Bonchev–Trinajstić information content (AvgIpc) is 3.08. The Morgan fingerprint density at radius 2 is 2.29 bits per heavy atom. The highest BCUT2D eigenvalue weighted by atomic mass is 32.1. The molecule has 1 saturated carbocycles. The van der Waals surface area contributed by atoms with E-state index in [1.54, 1.807) is 11.3 Å². The molecule has 2 N–H and O–H groups in total. The molecule has 2 aromatic heterocycles. The number of carbonyl (C=O) groups excluding carboxylic acids is 1. The van der Waals surface area contributed by atoms with Crippen molar-refractivity contribution in [3.05, 3.63) is 40.6 Å². The van der Waals surface area contributed by atoms with E-state index in [4.69, 9.17) is 0 Å². The van der Waals surface area contributed by atoms with E-state index in [1.165, 1.54) is 0 Å². The van der Waals surface area contributed by atoms with Crippen molar-refractivity contribution >= 4 is 17.2 Å². The molecule has 1 amide bonds. The summed E-state index contributed by atoms with van der Waals surface area (Å²) in [4.78, 5) is 19.0. The molecule has 2 atom stereocenters. The summed E-state index contributed by atoms with van der Waals surface area (Å²) in [7, 11) is 0. The average molecular weight is 346 g/mol. The molecule has 0 aromatic carbocycles. The number of piperidine rings is 1. The Balaban J connectivity index is 1.34. The van der Waals surface area contributed by atoms with Gasteiger partial charge in [-0.05, 0) is 31.4 Å². The number of hydrogen-bond acceptors (Lipinski definition) is 5. The zero-order valence-corrected chi connectivity index (χ0v) is 14.3. The molecule has 1 aliphatic carbocycles. The van der Waals surface area contributed by atoms with E-state index in [9.17, 15) is 9.90 Å². The van der Waals surface area contributed by atoms with Crippen molar-refractivity contribution in [2.24, 2.45) is 0 Å². The van der Waals surface area contributed by atoms with Crippen LogP contribution in [0.1, 0.15) is 41.5 Å². The standard InChI is InChI=1S/C17H22N4O2S/c22-16-9-20(8-12-10-24-11-18-12)7-5-14(16)19-17(23)15-2-1-6-21(15)13-3-4-13/h1-2,6,10-11,13-14,16,22H,3-5,7-9H2,(H,19,23)/t14-,16-/m1/s1. The van der Waals surface area contributed by atoms with Crippen LogP contribution in [0.4, 0.5) is 0 Å². The van der Waals surface area contributed by atoms with Crippen molar-refractivity contribution in [2.75, 3.05) is 13.1 Å². The molecule has 24 heavy (non-hydrogen) atoms. The van der Waals surface area contributed by atoms with Gasteiger partial charge in [-0.1, -0.05) is 0 Å². The molecule has 0 unspecified atom stereocenters. The first-order valence-corrected chi connectivity index (χ1v) is 9.40. The maximum atomic E-state index is 12.5. The van der Waals surface area contributed by atoms with Gasteiger partial charge in [-0.3, -0.25) is 9.69 Å². The number of nitrogens with zero attached hydrogens (tertiary/aromatic N) is 3. The molecular formula is C17H22N4O2S. The van der Waals surface area contributed by atoms with Gasteiger partial charge in [0.2, 0.25) is 0 Å². The fourth-order valence-corrected chi connectivity index (χ4v) is 3.90. The van der Waals surface area contributed by atoms with E-state index >= 15 is 0 Å². The second kappa shape index (κ2) is 6.66. The number of carbonyl (C=O) groups is 1. The molecule has 1 aliphatic heterocycles. The van der Waals surface area contributed by atoms with E-state index < -0.39 is 6.10 Å². The van der Waals surface area contributed by atoms with Crippen LogP contribution in [0.3, 0.4) is 0 Å². The normalized spacial score (nSPS) is 24.9. The summed E-state index contributed by atoms with van der Waals surface area (Å²) in [6, 6.07) is 4.06. The molecule has 4 rings (SSSR count). The summed E-state index contributed by atoms with van der Waals surface area (Å²) in [5.74, 6) is -0.0797. The quantitative estimate of drug-likeness (QED) is 0.864. The SMILES string of the molecule is O=C(N[C@@H]1CCN(Cc2cscn2)C[C@H]1O)c1cccn1C1CC1. The fraction of sp³-hybridized carbons (Fsp3) is 0.529. The Kier molecular flexibility index (Phi) is 4.39. The van der Waals surface area contributed by atoms with Gasteiger partial charge in [-0.15, -0.1) is 11.3 Å². The van der Waals surface area contributed by atoms with Crippen LogP contribution in [-0.2, 0) is 6.54 Å². The van der Waals surface area contributed by atoms with Crippen LogP contribution in [0, 0.1) is 0 Å². The number of β-amino-alcohol motifs (C(OH)–C–C–N with tert-alkyl or cyclic N) is 1. The highest BCUT2D eigenvalue weighted by molar-refractivity contribution is 7.07. The number of thiazole rings is 1. The Morgan fingerprint density at radius 3 is 3.00 bits per heavy atom. The van der Waals surface area contributed by atoms with E-state index in [2.05, 4.69) is 19.8 Å². The van der Waals surface area contributed by atoms with Crippen LogP contribution >= 0.6 is 11.3 Å². The van der Waals surface area contributed by atoms with Crippen molar-refractivity contribution in [2.45, 2.75) is 44.0 Å². The lowest BCUT2D eigenvalue weighted by Gasteiger charge is -2.36. The molecule has 128 valence electrons. The van der Waals surface area contributed by atoms with Crippen LogP contribution in [0.15, 0.2) is 29.2 Å². The minimum absolute atomic E-state index is 0.0797. The van der Waals surface area contributed by atoms with Crippen LogP contribution in [0.2, 0.25) is 0 Å². The van der Waals surface area contributed by atoms with Gasteiger partial charge in [0, 0.05) is 37.3 Å². The molecular weight excluding hydrogens is 324 g/mol. The van der Waals surface area contributed by atoms with Crippen molar-refractivity contribution in [3.8, 4) is 0 Å². The van der Waals surface area contributed by atoms with E-state index in [0.717, 1.165) is 38.0 Å². The van der Waals surface area contributed by atoms with Gasteiger partial charge in [0.05, 0.1) is 23.4 Å². The van der Waals surface area contributed by atoms with Crippen LogP contribution in [-0.4, -0.2) is 50.7 Å². The largest absolute Gasteiger partial charge is 0.390 e. The van der Waals surface area contributed by atoms with Gasteiger partial charge < -0.3 is 15.0 Å². The van der Waals surface area contributed by atoms with E-state index in [1.807, 2.05) is 29.2 Å². The summed E-state index contributed by atoms with van der Waals surface area (Å²) in [5.41, 5.74) is 3.57. The summed E-state index contributed by atoms with van der Waals surface area (Å²) in [6.45, 7) is 2.17. The molecule has 2 aliphatic rings. The maximum Gasteiger partial charge on any atom is 0.268 e. The van der Waals surface area contributed by atoms with Crippen molar-refractivity contribution in [3.63, 3.8) is 0 Å². The van der Waals surface area contributed by atoms with Gasteiger partial charge in [0.15, 0.2) is 0 Å². The number of aliphatic hydroxyl groups excluding tert-OH is 1. The molecule has 3 heterocycles. The van der Waals surface area contributed by atoms with E-state index in [0.29, 0.717) is 18.3 Å². The lowest BCUT2D eigenvalue weighted by Crippen LogP contribution is -2.54.